The second kappa shape index (κ2) is 10.8. The van der Waals surface area contributed by atoms with Crippen molar-refractivity contribution in [1.29, 1.82) is 5.41 Å². The number of carbonyl (C=O) groups is 1. The molecule has 0 aliphatic carbocycles. The first-order valence-electron chi connectivity index (χ1n) is 9.52. The summed E-state index contributed by atoms with van der Waals surface area (Å²) in [7, 11) is 0. The van der Waals surface area contributed by atoms with Crippen LogP contribution in [0, 0.1) is 16.7 Å². The van der Waals surface area contributed by atoms with E-state index in [1.165, 1.54) is 6.08 Å². The summed E-state index contributed by atoms with van der Waals surface area (Å²) < 4.78 is 1.86. The lowest BCUT2D eigenvalue weighted by Crippen LogP contribution is -2.29. The van der Waals surface area contributed by atoms with Gasteiger partial charge in [-0.25, -0.2) is 5.48 Å². The first kappa shape index (κ1) is 22.9. The maximum atomic E-state index is 11.1. The van der Waals surface area contributed by atoms with Crippen LogP contribution in [0.4, 0.5) is 0 Å². The number of hydrogen-bond donors (Lipinski definition) is 4. The van der Waals surface area contributed by atoms with Crippen LogP contribution >= 0.6 is 0 Å². The molecule has 0 spiro atoms. The molecular formula is C21H34N4O2. The Balaban J connectivity index is 3.05. The van der Waals surface area contributed by atoms with Crippen LogP contribution in [0.25, 0.3) is 11.8 Å². The van der Waals surface area contributed by atoms with Crippen molar-refractivity contribution in [1.82, 2.24) is 15.4 Å². The van der Waals surface area contributed by atoms with Crippen molar-refractivity contribution in [3.05, 3.63) is 41.5 Å². The van der Waals surface area contributed by atoms with Gasteiger partial charge in [-0.05, 0) is 41.6 Å². The highest BCUT2D eigenvalue weighted by atomic mass is 16.5. The van der Waals surface area contributed by atoms with E-state index < -0.39 is 5.91 Å². The van der Waals surface area contributed by atoms with Crippen LogP contribution in [0.3, 0.4) is 0 Å². The van der Waals surface area contributed by atoms with Crippen LogP contribution in [0.15, 0.2) is 30.5 Å². The normalized spacial score (nSPS) is 12.8. The van der Waals surface area contributed by atoms with Crippen LogP contribution in [0.2, 0.25) is 0 Å². The van der Waals surface area contributed by atoms with Crippen molar-refractivity contribution in [2.45, 2.75) is 47.5 Å². The van der Waals surface area contributed by atoms with Gasteiger partial charge in [-0.1, -0.05) is 53.5 Å². The third-order valence-corrected chi connectivity index (χ3v) is 4.32. The average Bonchev–Trinajstić information content (AvgIpc) is 2.61. The Labute approximate surface area is 162 Å². The zero-order valence-corrected chi connectivity index (χ0v) is 17.2. The van der Waals surface area contributed by atoms with Crippen LogP contribution in [-0.4, -0.2) is 28.8 Å². The number of aromatic nitrogens is 1. The highest BCUT2D eigenvalue weighted by Crippen LogP contribution is 2.19. The summed E-state index contributed by atoms with van der Waals surface area (Å²) in [6, 6.07) is 3.54. The van der Waals surface area contributed by atoms with Gasteiger partial charge in [-0.3, -0.25) is 15.4 Å². The number of carbonyl (C=O) groups excluding carboxylic acids is 1. The van der Waals surface area contributed by atoms with Gasteiger partial charge in [-0.15, -0.1) is 0 Å². The Morgan fingerprint density at radius 1 is 1.33 bits per heavy atom. The van der Waals surface area contributed by atoms with E-state index in [-0.39, 0.29) is 5.41 Å². The molecule has 1 aromatic rings. The molecule has 1 amide bonds. The fourth-order valence-electron chi connectivity index (χ4n) is 2.77. The van der Waals surface area contributed by atoms with Gasteiger partial charge in [0.15, 0.2) is 0 Å². The maximum absolute atomic E-state index is 11.1. The summed E-state index contributed by atoms with van der Waals surface area (Å²) >= 11 is 0. The maximum Gasteiger partial charge on any atom is 0.267 e. The SMILES string of the molecule is CCC(CC)CNC/C(=C\C(C)(C)C)n1ccc(/C=C/C(=O)NO)cc1=N. The Bertz CT molecular complexity index is 722. The number of allylic oxidation sites excluding steroid dienone is 1. The number of amides is 1. The average molecular weight is 375 g/mol. The predicted molar refractivity (Wildman–Crippen MR) is 110 cm³/mol. The summed E-state index contributed by atoms with van der Waals surface area (Å²) in [5.41, 5.74) is 3.63. The molecular weight excluding hydrogens is 340 g/mol. The molecule has 6 nitrogen and oxygen atoms in total. The van der Waals surface area contributed by atoms with E-state index >= 15 is 0 Å². The van der Waals surface area contributed by atoms with Crippen molar-refractivity contribution >= 4 is 17.7 Å². The third-order valence-electron chi connectivity index (χ3n) is 4.32. The molecule has 0 radical (unpaired) electrons. The van der Waals surface area contributed by atoms with Gasteiger partial charge in [-0.2, -0.15) is 0 Å². The summed E-state index contributed by atoms with van der Waals surface area (Å²) in [5, 5.41) is 20.5. The molecule has 0 fully saturated rings. The monoisotopic (exact) mass is 374 g/mol. The van der Waals surface area contributed by atoms with E-state index in [2.05, 4.69) is 46.0 Å². The number of pyridine rings is 1. The van der Waals surface area contributed by atoms with Crippen LogP contribution in [0.5, 0.6) is 0 Å². The second-order valence-corrected chi connectivity index (χ2v) is 7.84. The molecule has 27 heavy (non-hydrogen) atoms. The molecule has 1 rings (SSSR count). The highest BCUT2D eigenvalue weighted by Gasteiger charge is 2.11. The van der Waals surface area contributed by atoms with Crippen LogP contribution in [-0.2, 0) is 4.79 Å². The highest BCUT2D eigenvalue weighted by molar-refractivity contribution is 5.90. The van der Waals surface area contributed by atoms with Crippen molar-refractivity contribution < 1.29 is 10.0 Å². The van der Waals surface area contributed by atoms with E-state index in [9.17, 15) is 4.79 Å². The van der Waals surface area contributed by atoms with Gasteiger partial charge in [0.05, 0.1) is 0 Å². The minimum Gasteiger partial charge on any atom is -0.311 e. The molecule has 0 saturated carbocycles. The molecule has 0 saturated heterocycles. The van der Waals surface area contributed by atoms with Crippen molar-refractivity contribution in [2.75, 3.05) is 13.1 Å². The number of hydrogen-bond acceptors (Lipinski definition) is 4. The first-order valence-corrected chi connectivity index (χ1v) is 9.52. The molecule has 6 heteroatoms. The molecule has 0 aliphatic rings. The topological polar surface area (TPSA) is 90.1 Å². The largest absolute Gasteiger partial charge is 0.311 e. The Morgan fingerprint density at radius 3 is 2.52 bits per heavy atom. The van der Waals surface area contributed by atoms with Gasteiger partial charge in [0.25, 0.3) is 5.91 Å². The van der Waals surface area contributed by atoms with E-state index in [4.69, 9.17) is 10.6 Å². The van der Waals surface area contributed by atoms with Crippen LogP contribution < -0.4 is 16.3 Å². The number of nitrogens with zero attached hydrogens (tertiary/aromatic N) is 1. The summed E-state index contributed by atoms with van der Waals surface area (Å²) in [5.74, 6) is 0.0590. The Morgan fingerprint density at radius 2 is 2.00 bits per heavy atom. The quantitative estimate of drug-likeness (QED) is 0.303. The fourth-order valence-corrected chi connectivity index (χ4v) is 2.77. The summed E-state index contributed by atoms with van der Waals surface area (Å²) in [6.07, 6.45) is 9.12. The molecule has 0 atom stereocenters. The van der Waals surface area contributed by atoms with Crippen molar-refractivity contribution in [3.63, 3.8) is 0 Å². The number of hydroxylamine groups is 1. The molecule has 150 valence electrons. The van der Waals surface area contributed by atoms with Gasteiger partial charge >= 0.3 is 0 Å². The zero-order chi connectivity index (χ0) is 20.4. The molecule has 0 aliphatic heterocycles. The lowest BCUT2D eigenvalue weighted by molar-refractivity contribution is -0.124. The minimum absolute atomic E-state index is 0.0108. The Kier molecular flexibility index (Phi) is 9.18. The number of nitrogens with one attached hydrogen (secondary N) is 3. The molecule has 0 aromatic carbocycles. The van der Waals surface area contributed by atoms with E-state index in [1.807, 2.05) is 16.8 Å². The van der Waals surface area contributed by atoms with Gasteiger partial charge < -0.3 is 9.88 Å². The van der Waals surface area contributed by atoms with Crippen LogP contribution in [0.1, 0.15) is 53.0 Å². The smallest absolute Gasteiger partial charge is 0.267 e. The molecule has 1 heterocycles. The minimum atomic E-state index is -0.600. The van der Waals surface area contributed by atoms with Crippen molar-refractivity contribution in [3.8, 4) is 0 Å². The van der Waals surface area contributed by atoms with E-state index in [1.54, 1.807) is 17.6 Å². The lowest BCUT2D eigenvalue weighted by atomic mass is 9.95. The van der Waals surface area contributed by atoms with E-state index in [0.29, 0.717) is 18.0 Å². The first-order chi connectivity index (χ1) is 12.7. The third kappa shape index (κ3) is 8.37. The van der Waals surface area contributed by atoms with Gasteiger partial charge in [0.2, 0.25) is 0 Å². The predicted octanol–water partition coefficient (Wildman–Crippen LogP) is 3.40. The molecule has 4 N–H and O–H groups in total. The second-order valence-electron chi connectivity index (χ2n) is 7.84. The lowest BCUT2D eigenvalue weighted by Gasteiger charge is -2.21. The van der Waals surface area contributed by atoms with Gasteiger partial charge in [0.1, 0.15) is 5.49 Å². The summed E-state index contributed by atoms with van der Waals surface area (Å²) in [4.78, 5) is 11.1. The molecule has 0 unspecified atom stereocenters. The Hall–Kier alpha value is -2.18. The zero-order valence-electron chi connectivity index (χ0n) is 17.2. The van der Waals surface area contributed by atoms with E-state index in [0.717, 1.165) is 30.6 Å². The number of rotatable bonds is 9. The fraction of sp³-hybridized carbons (Fsp3) is 0.524. The standard InChI is InChI=1S/C21H34N4O2/c1-6-16(7-2)14-23-15-18(13-21(3,4)5)25-11-10-17(12-19(25)22)8-9-20(26)24-27/h8-13,16,22-23,27H,6-7,14-15H2,1-5H3,(H,24,26)/b9-8+,18-13+,22-19?. The van der Waals surface area contributed by atoms with Gasteiger partial charge in [0, 0.05) is 24.5 Å². The summed E-state index contributed by atoms with van der Waals surface area (Å²) in [6.45, 7) is 12.5. The molecule has 0 bridgehead atoms. The van der Waals surface area contributed by atoms with Crippen molar-refractivity contribution in [2.24, 2.45) is 11.3 Å². The molecule has 1 aromatic heterocycles.